The maximum atomic E-state index is 13.6. The first-order valence-electron chi connectivity index (χ1n) is 9.02. The van der Waals surface area contributed by atoms with Crippen LogP contribution in [0.5, 0.6) is 0 Å². The summed E-state index contributed by atoms with van der Waals surface area (Å²) in [5.74, 6) is 0.770. The van der Waals surface area contributed by atoms with Crippen LogP contribution in [0.2, 0.25) is 0 Å². The third kappa shape index (κ3) is 2.75. The average molecular weight is 331 g/mol. The molecule has 0 unspecified atom stereocenters. The second-order valence-electron chi connectivity index (χ2n) is 8.86. The zero-order chi connectivity index (χ0) is 17.1. The van der Waals surface area contributed by atoms with Crippen LogP contribution in [0.25, 0.3) is 0 Å². The summed E-state index contributed by atoms with van der Waals surface area (Å²) in [6.45, 7) is 5.35. The minimum atomic E-state index is -0.631. The molecular weight excluding hydrogens is 305 g/mol. The Morgan fingerprint density at radius 3 is 2.54 bits per heavy atom. The van der Waals surface area contributed by atoms with Gasteiger partial charge in [0, 0.05) is 24.4 Å². The number of aliphatic hydroxyl groups is 1. The van der Waals surface area contributed by atoms with E-state index >= 15 is 0 Å². The highest BCUT2D eigenvalue weighted by molar-refractivity contribution is 5.81. The van der Waals surface area contributed by atoms with Crippen molar-refractivity contribution >= 4 is 5.91 Å². The Hall–Kier alpha value is -1.42. The molecule has 1 heterocycles. The third-order valence-electron chi connectivity index (χ3n) is 6.29. The summed E-state index contributed by atoms with van der Waals surface area (Å²) in [6.07, 6.45) is 4.45. The molecular formula is C20H26FNO2. The van der Waals surface area contributed by atoms with E-state index in [1.54, 1.807) is 19.9 Å². The smallest absolute Gasteiger partial charge is 0.225 e. The topological polar surface area (TPSA) is 40.5 Å². The molecule has 130 valence electrons. The summed E-state index contributed by atoms with van der Waals surface area (Å²) >= 11 is 0. The summed E-state index contributed by atoms with van der Waals surface area (Å²) in [5, 5.41) is 9.78. The van der Waals surface area contributed by atoms with E-state index in [1.165, 1.54) is 0 Å². The van der Waals surface area contributed by atoms with Gasteiger partial charge in [0.2, 0.25) is 5.91 Å². The number of nitrogens with zero attached hydrogens (tertiary/aromatic N) is 1. The molecule has 1 aromatic rings. The van der Waals surface area contributed by atoms with Crippen LogP contribution in [0.4, 0.5) is 4.39 Å². The number of benzene rings is 1. The molecule has 1 N–H and O–H groups in total. The van der Waals surface area contributed by atoms with E-state index in [9.17, 15) is 14.3 Å². The number of hydrogen-bond acceptors (Lipinski definition) is 2. The molecule has 3 aliphatic rings. The van der Waals surface area contributed by atoms with E-state index in [0.29, 0.717) is 29.7 Å². The minimum absolute atomic E-state index is 0.0313. The average Bonchev–Trinajstić information content (AvgIpc) is 2.40. The molecule has 1 spiro atoms. The Labute approximate surface area is 142 Å². The standard InChI is InChI=1S/C20H26FNO2/c1-13-3-4-14(6-17(13)21)5-15-7-20(8-15)11-22(12-20)18(23)16-9-19(2,24)10-16/h3-4,6,15-16,24H,5,7-12H2,1-2H3. The second kappa shape index (κ2) is 5.29. The van der Waals surface area contributed by atoms with Gasteiger partial charge >= 0.3 is 0 Å². The lowest BCUT2D eigenvalue weighted by Gasteiger charge is -2.60. The zero-order valence-electron chi connectivity index (χ0n) is 14.5. The van der Waals surface area contributed by atoms with Crippen molar-refractivity contribution in [2.75, 3.05) is 13.1 Å². The van der Waals surface area contributed by atoms with Crippen LogP contribution in [0.3, 0.4) is 0 Å². The maximum Gasteiger partial charge on any atom is 0.225 e. The Kier molecular flexibility index (Phi) is 3.54. The van der Waals surface area contributed by atoms with Gasteiger partial charge in [0.1, 0.15) is 5.82 Å². The normalized spacial score (nSPS) is 31.3. The van der Waals surface area contributed by atoms with Gasteiger partial charge in [0.15, 0.2) is 0 Å². The van der Waals surface area contributed by atoms with Crippen molar-refractivity contribution in [2.45, 2.75) is 51.6 Å². The fourth-order valence-corrected chi connectivity index (χ4v) is 5.02. The molecule has 24 heavy (non-hydrogen) atoms. The Balaban J connectivity index is 1.24. The molecule has 3 nitrogen and oxygen atoms in total. The van der Waals surface area contributed by atoms with E-state index in [0.717, 1.165) is 37.9 Å². The summed E-state index contributed by atoms with van der Waals surface area (Å²) in [4.78, 5) is 14.3. The van der Waals surface area contributed by atoms with Crippen molar-refractivity contribution in [1.29, 1.82) is 0 Å². The molecule has 2 aliphatic carbocycles. The van der Waals surface area contributed by atoms with Crippen LogP contribution < -0.4 is 0 Å². The lowest BCUT2D eigenvalue weighted by Crippen LogP contribution is -2.66. The van der Waals surface area contributed by atoms with E-state index in [-0.39, 0.29) is 17.6 Å². The van der Waals surface area contributed by atoms with Crippen LogP contribution in [0.1, 0.15) is 43.7 Å². The highest BCUT2D eigenvalue weighted by Gasteiger charge is 2.55. The monoisotopic (exact) mass is 331 g/mol. The van der Waals surface area contributed by atoms with E-state index in [4.69, 9.17) is 0 Å². The first kappa shape index (κ1) is 16.1. The van der Waals surface area contributed by atoms with Crippen molar-refractivity contribution in [3.8, 4) is 0 Å². The van der Waals surface area contributed by atoms with Crippen molar-refractivity contribution in [2.24, 2.45) is 17.3 Å². The third-order valence-corrected chi connectivity index (χ3v) is 6.29. The number of carbonyl (C=O) groups excluding carboxylic acids is 1. The molecule has 3 fully saturated rings. The highest BCUT2D eigenvalue weighted by atomic mass is 19.1. The van der Waals surface area contributed by atoms with E-state index in [1.807, 2.05) is 17.0 Å². The molecule has 1 aliphatic heterocycles. The summed E-state index contributed by atoms with van der Waals surface area (Å²) in [7, 11) is 0. The number of amides is 1. The second-order valence-corrected chi connectivity index (χ2v) is 8.86. The van der Waals surface area contributed by atoms with Gasteiger partial charge in [-0.25, -0.2) is 4.39 Å². The summed E-state index contributed by atoms with van der Waals surface area (Å²) in [6, 6.07) is 5.55. The van der Waals surface area contributed by atoms with Gasteiger partial charge < -0.3 is 10.0 Å². The number of likely N-dealkylation sites (tertiary alicyclic amines) is 1. The quantitative estimate of drug-likeness (QED) is 0.925. The van der Waals surface area contributed by atoms with Crippen molar-refractivity contribution in [3.63, 3.8) is 0 Å². The lowest BCUT2D eigenvalue weighted by molar-refractivity contribution is -0.171. The molecule has 0 bridgehead atoms. The molecule has 0 atom stereocenters. The van der Waals surface area contributed by atoms with Crippen molar-refractivity contribution in [3.05, 3.63) is 35.1 Å². The largest absolute Gasteiger partial charge is 0.390 e. The van der Waals surface area contributed by atoms with Gasteiger partial charge in [-0.15, -0.1) is 0 Å². The predicted molar refractivity (Wildman–Crippen MR) is 89.9 cm³/mol. The maximum absolute atomic E-state index is 13.6. The van der Waals surface area contributed by atoms with Gasteiger partial charge in [-0.05, 0) is 69.1 Å². The molecule has 4 rings (SSSR count). The predicted octanol–water partition coefficient (Wildman–Crippen LogP) is 3.08. The molecule has 1 aromatic carbocycles. The van der Waals surface area contributed by atoms with Gasteiger partial charge in [-0.2, -0.15) is 0 Å². The number of halogens is 1. The van der Waals surface area contributed by atoms with Gasteiger partial charge in [-0.1, -0.05) is 12.1 Å². The Bertz CT molecular complexity index is 662. The summed E-state index contributed by atoms with van der Waals surface area (Å²) < 4.78 is 13.6. The van der Waals surface area contributed by atoms with Crippen molar-refractivity contribution < 1.29 is 14.3 Å². The molecule has 4 heteroatoms. The first-order valence-corrected chi connectivity index (χ1v) is 9.02. The number of hydrogen-bond donors (Lipinski definition) is 1. The van der Waals surface area contributed by atoms with Crippen LogP contribution in [-0.4, -0.2) is 34.6 Å². The molecule has 0 aromatic heterocycles. The number of carbonyl (C=O) groups is 1. The fourth-order valence-electron chi connectivity index (χ4n) is 5.02. The number of rotatable bonds is 3. The van der Waals surface area contributed by atoms with Crippen LogP contribution >= 0.6 is 0 Å². The minimum Gasteiger partial charge on any atom is -0.390 e. The van der Waals surface area contributed by atoms with Crippen LogP contribution in [0, 0.1) is 30.0 Å². The molecule has 0 radical (unpaired) electrons. The highest BCUT2D eigenvalue weighted by Crippen LogP contribution is 2.53. The molecule has 1 amide bonds. The lowest BCUT2D eigenvalue weighted by atomic mass is 9.56. The molecule has 1 saturated heterocycles. The van der Waals surface area contributed by atoms with E-state index in [2.05, 4.69) is 0 Å². The first-order chi connectivity index (χ1) is 11.3. The van der Waals surface area contributed by atoms with Crippen LogP contribution in [-0.2, 0) is 11.2 Å². The molecule has 2 saturated carbocycles. The Morgan fingerprint density at radius 2 is 1.96 bits per heavy atom. The zero-order valence-corrected chi connectivity index (χ0v) is 14.5. The van der Waals surface area contributed by atoms with Crippen LogP contribution in [0.15, 0.2) is 18.2 Å². The van der Waals surface area contributed by atoms with Gasteiger partial charge in [0.05, 0.1) is 5.60 Å². The van der Waals surface area contributed by atoms with Gasteiger partial charge in [0.25, 0.3) is 0 Å². The SMILES string of the molecule is Cc1ccc(CC2CC3(C2)CN(C(=O)C2CC(C)(O)C2)C3)cc1F. The Morgan fingerprint density at radius 1 is 1.29 bits per heavy atom. The van der Waals surface area contributed by atoms with Crippen molar-refractivity contribution in [1.82, 2.24) is 4.90 Å². The fraction of sp³-hybridized carbons (Fsp3) is 0.650. The van der Waals surface area contributed by atoms with Gasteiger partial charge in [-0.3, -0.25) is 4.79 Å². The van der Waals surface area contributed by atoms with E-state index < -0.39 is 5.60 Å². The summed E-state index contributed by atoms with van der Waals surface area (Å²) in [5.41, 5.74) is 1.48. The number of aryl methyl sites for hydroxylation is 1.